The Balaban J connectivity index is 0.00000341. The predicted octanol–water partition coefficient (Wildman–Crippen LogP) is 4.35. The number of aromatic nitrogens is 2. The number of hydrogen-bond acceptors (Lipinski definition) is 4. The molecule has 0 radical (unpaired) electrons. The Labute approximate surface area is 203 Å². The molecular weight excluding hydrogens is 505 g/mol. The van der Waals surface area contributed by atoms with Crippen LogP contribution in [0.4, 0.5) is 0 Å². The maximum Gasteiger partial charge on any atom is 0.191 e. The van der Waals surface area contributed by atoms with Gasteiger partial charge in [-0.1, -0.05) is 26.0 Å². The van der Waals surface area contributed by atoms with Crippen molar-refractivity contribution >= 4 is 29.9 Å². The number of hydrogen-bond donors (Lipinski definition) is 2. The molecule has 1 saturated carbocycles. The second kappa shape index (κ2) is 12.8. The van der Waals surface area contributed by atoms with Crippen LogP contribution >= 0.6 is 24.0 Å². The molecule has 1 heterocycles. The van der Waals surface area contributed by atoms with Gasteiger partial charge in [-0.05, 0) is 37.7 Å². The van der Waals surface area contributed by atoms with Gasteiger partial charge >= 0.3 is 0 Å². The van der Waals surface area contributed by atoms with Crippen molar-refractivity contribution in [2.24, 2.45) is 10.9 Å². The Morgan fingerprint density at radius 2 is 1.97 bits per heavy atom. The SMILES string of the molecule is CN=C(NCc1cccc(OC)c1OC1CCCC1)NCc1nccn1CC(C)C.I. The van der Waals surface area contributed by atoms with E-state index in [1.165, 1.54) is 12.8 Å². The summed E-state index contributed by atoms with van der Waals surface area (Å²) in [4.78, 5) is 8.82. The molecule has 0 saturated heterocycles. The quantitative estimate of drug-likeness (QED) is 0.281. The van der Waals surface area contributed by atoms with E-state index in [0.29, 0.717) is 19.0 Å². The van der Waals surface area contributed by atoms with Crippen molar-refractivity contribution in [1.82, 2.24) is 20.2 Å². The molecule has 1 fully saturated rings. The predicted molar refractivity (Wildman–Crippen MR) is 135 cm³/mol. The number of aliphatic imine (C=N–C) groups is 1. The third-order valence-electron chi connectivity index (χ3n) is 5.31. The second-order valence-corrected chi connectivity index (χ2v) is 8.14. The highest BCUT2D eigenvalue weighted by Gasteiger charge is 2.20. The molecule has 31 heavy (non-hydrogen) atoms. The van der Waals surface area contributed by atoms with Crippen molar-refractivity contribution in [3.05, 3.63) is 42.0 Å². The lowest BCUT2D eigenvalue weighted by Crippen LogP contribution is -2.37. The zero-order chi connectivity index (χ0) is 21.3. The normalized spacial score (nSPS) is 14.4. The topological polar surface area (TPSA) is 72.7 Å². The van der Waals surface area contributed by atoms with Crippen LogP contribution in [-0.2, 0) is 19.6 Å². The molecule has 1 aromatic carbocycles. The summed E-state index contributed by atoms with van der Waals surface area (Å²) in [6.07, 6.45) is 8.83. The number of benzene rings is 1. The van der Waals surface area contributed by atoms with E-state index in [2.05, 4.69) is 45.1 Å². The van der Waals surface area contributed by atoms with Crippen molar-refractivity contribution in [2.75, 3.05) is 14.2 Å². The second-order valence-electron chi connectivity index (χ2n) is 8.14. The number of nitrogens with zero attached hydrogens (tertiary/aromatic N) is 3. The zero-order valence-electron chi connectivity index (χ0n) is 19.1. The maximum atomic E-state index is 6.33. The van der Waals surface area contributed by atoms with Crippen molar-refractivity contribution in [2.45, 2.75) is 65.3 Å². The number of imidazole rings is 1. The number of rotatable bonds is 9. The fourth-order valence-corrected chi connectivity index (χ4v) is 3.80. The van der Waals surface area contributed by atoms with Crippen LogP contribution in [0.2, 0.25) is 0 Å². The standard InChI is InChI=1S/C23H35N5O2.HI/c1-17(2)16-28-13-12-25-21(28)15-27-23(24-3)26-14-18-8-7-11-20(29-4)22(18)30-19-9-5-6-10-19;/h7-8,11-13,17,19H,5-6,9-10,14-16H2,1-4H3,(H2,24,26,27);1H. The lowest BCUT2D eigenvalue weighted by atomic mass is 10.1. The molecular formula is C23H36IN5O2. The van der Waals surface area contributed by atoms with Gasteiger partial charge < -0.3 is 24.7 Å². The van der Waals surface area contributed by atoms with Crippen LogP contribution in [0.25, 0.3) is 0 Å². The van der Waals surface area contributed by atoms with E-state index in [4.69, 9.17) is 9.47 Å². The van der Waals surface area contributed by atoms with Gasteiger partial charge in [0, 0.05) is 38.1 Å². The highest BCUT2D eigenvalue weighted by Crippen LogP contribution is 2.34. The molecule has 0 aliphatic heterocycles. The zero-order valence-corrected chi connectivity index (χ0v) is 21.4. The third kappa shape index (κ3) is 7.29. The van der Waals surface area contributed by atoms with Crippen molar-refractivity contribution in [3.63, 3.8) is 0 Å². The van der Waals surface area contributed by atoms with Crippen molar-refractivity contribution in [1.29, 1.82) is 0 Å². The van der Waals surface area contributed by atoms with Crippen LogP contribution in [0.5, 0.6) is 11.5 Å². The van der Waals surface area contributed by atoms with Crippen LogP contribution in [0, 0.1) is 5.92 Å². The fourth-order valence-electron chi connectivity index (χ4n) is 3.80. The monoisotopic (exact) mass is 541 g/mol. The van der Waals surface area contributed by atoms with E-state index in [9.17, 15) is 0 Å². The summed E-state index contributed by atoms with van der Waals surface area (Å²) in [5.41, 5.74) is 1.06. The highest BCUT2D eigenvalue weighted by atomic mass is 127. The van der Waals surface area contributed by atoms with Gasteiger partial charge in [0.25, 0.3) is 0 Å². The number of halogens is 1. The molecule has 172 valence electrons. The van der Waals surface area contributed by atoms with Gasteiger partial charge in [-0.15, -0.1) is 24.0 Å². The highest BCUT2D eigenvalue weighted by molar-refractivity contribution is 14.0. The molecule has 0 spiro atoms. The summed E-state index contributed by atoms with van der Waals surface area (Å²) < 4.78 is 14.1. The Hall–Kier alpha value is -1.97. The minimum atomic E-state index is 0. The first-order valence-corrected chi connectivity index (χ1v) is 10.9. The van der Waals surface area contributed by atoms with Crippen LogP contribution in [-0.4, -0.2) is 35.8 Å². The van der Waals surface area contributed by atoms with E-state index < -0.39 is 0 Å². The van der Waals surface area contributed by atoms with Crippen LogP contribution < -0.4 is 20.1 Å². The smallest absolute Gasteiger partial charge is 0.191 e. The van der Waals surface area contributed by atoms with Gasteiger partial charge in [-0.3, -0.25) is 4.99 Å². The Morgan fingerprint density at radius 1 is 1.23 bits per heavy atom. The first-order valence-electron chi connectivity index (χ1n) is 10.9. The maximum absolute atomic E-state index is 6.33. The Bertz CT molecular complexity index is 831. The summed E-state index contributed by atoms with van der Waals surface area (Å²) in [6, 6.07) is 6.02. The average Bonchev–Trinajstić information content (AvgIpc) is 3.40. The average molecular weight is 541 g/mol. The third-order valence-corrected chi connectivity index (χ3v) is 5.31. The van der Waals surface area contributed by atoms with Crippen molar-refractivity contribution in [3.8, 4) is 11.5 Å². The fraction of sp³-hybridized carbons (Fsp3) is 0.565. The number of methoxy groups -OCH3 is 1. The molecule has 1 aromatic heterocycles. The molecule has 0 atom stereocenters. The minimum absolute atomic E-state index is 0. The van der Waals surface area contributed by atoms with E-state index in [1.54, 1.807) is 14.2 Å². The molecule has 3 rings (SSSR count). The van der Waals surface area contributed by atoms with Gasteiger partial charge in [0.05, 0.1) is 19.8 Å². The van der Waals surface area contributed by atoms with Crippen molar-refractivity contribution < 1.29 is 9.47 Å². The van der Waals surface area contributed by atoms with Gasteiger partial charge in [0.2, 0.25) is 0 Å². The number of para-hydroxylation sites is 1. The van der Waals surface area contributed by atoms with Crippen LogP contribution in [0.15, 0.2) is 35.6 Å². The summed E-state index contributed by atoms with van der Waals surface area (Å²) >= 11 is 0. The lowest BCUT2D eigenvalue weighted by Gasteiger charge is -2.20. The first kappa shape index (κ1) is 25.3. The van der Waals surface area contributed by atoms with Gasteiger partial charge in [0.1, 0.15) is 5.82 Å². The van der Waals surface area contributed by atoms with Gasteiger partial charge in [0.15, 0.2) is 17.5 Å². The Morgan fingerprint density at radius 3 is 2.65 bits per heavy atom. The van der Waals surface area contributed by atoms with Crippen LogP contribution in [0.1, 0.15) is 50.9 Å². The number of nitrogens with one attached hydrogen (secondary N) is 2. The van der Waals surface area contributed by atoms with E-state index >= 15 is 0 Å². The molecule has 0 bridgehead atoms. The molecule has 7 nitrogen and oxygen atoms in total. The molecule has 1 aliphatic rings. The number of guanidine groups is 1. The van der Waals surface area contributed by atoms with E-state index in [0.717, 1.165) is 48.2 Å². The van der Waals surface area contributed by atoms with Gasteiger partial charge in [-0.2, -0.15) is 0 Å². The summed E-state index contributed by atoms with van der Waals surface area (Å²) in [5, 5.41) is 6.75. The summed E-state index contributed by atoms with van der Waals surface area (Å²) in [7, 11) is 3.46. The van der Waals surface area contributed by atoms with Gasteiger partial charge in [-0.25, -0.2) is 4.98 Å². The largest absolute Gasteiger partial charge is 0.493 e. The molecule has 2 aromatic rings. The van der Waals surface area contributed by atoms with E-state index in [-0.39, 0.29) is 30.1 Å². The summed E-state index contributed by atoms with van der Waals surface area (Å²) in [6.45, 7) is 6.57. The molecule has 8 heteroatoms. The first-order chi connectivity index (χ1) is 14.6. The molecule has 0 unspecified atom stereocenters. The lowest BCUT2D eigenvalue weighted by molar-refractivity contribution is 0.198. The Kier molecular flexibility index (Phi) is 10.4. The minimum Gasteiger partial charge on any atom is -0.493 e. The summed E-state index contributed by atoms with van der Waals surface area (Å²) in [5.74, 6) is 3.91. The molecule has 0 amide bonds. The molecule has 1 aliphatic carbocycles. The van der Waals surface area contributed by atoms with E-state index in [1.807, 2.05) is 24.5 Å². The number of ether oxygens (including phenoxy) is 2. The van der Waals surface area contributed by atoms with Crippen LogP contribution in [0.3, 0.4) is 0 Å². The molecule has 2 N–H and O–H groups in total.